The highest BCUT2D eigenvalue weighted by Crippen LogP contribution is 2.33. The molecule has 158 valence electrons. The van der Waals surface area contributed by atoms with Gasteiger partial charge in [-0.3, -0.25) is 4.57 Å². The van der Waals surface area contributed by atoms with E-state index in [1.165, 1.54) is 53.5 Å². The number of anilines is 1. The number of carbonyl (C=O) groups is 1. The standard InChI is InChI=1S/C21H14F4N4O2/c1-12-9-15-16(5-6-17(19(15)22)31-18-7-8-26-11-27-18)29(12)20(30)28-14-4-2-3-13(10-14)21(23,24)25/h2-11H,1H3,(H,28,30). The molecule has 2 aromatic heterocycles. The SMILES string of the molecule is Cc1cc2c(F)c(Oc3ccncn3)ccc2n1C(=O)Nc1cccc(C(F)(F)F)c1. The van der Waals surface area contributed by atoms with Crippen LogP contribution in [0.15, 0.2) is 61.1 Å². The summed E-state index contributed by atoms with van der Waals surface area (Å²) < 4.78 is 60.3. The molecule has 0 aliphatic rings. The summed E-state index contributed by atoms with van der Waals surface area (Å²) in [5.74, 6) is -0.654. The minimum absolute atomic E-state index is 0.0368. The minimum atomic E-state index is -4.54. The third-order valence-electron chi connectivity index (χ3n) is 4.48. The summed E-state index contributed by atoms with van der Waals surface area (Å²) in [5.41, 5.74) is -0.311. The molecule has 0 saturated heterocycles. The molecule has 31 heavy (non-hydrogen) atoms. The number of hydrogen-bond donors (Lipinski definition) is 1. The van der Waals surface area contributed by atoms with Crippen LogP contribution in [0.5, 0.6) is 11.6 Å². The van der Waals surface area contributed by atoms with E-state index in [-0.39, 0.29) is 28.2 Å². The van der Waals surface area contributed by atoms with E-state index < -0.39 is 23.6 Å². The molecule has 0 fully saturated rings. The zero-order valence-electron chi connectivity index (χ0n) is 15.9. The Hall–Kier alpha value is -3.95. The molecule has 0 unspecified atom stereocenters. The minimum Gasteiger partial charge on any atom is -0.436 e. The highest BCUT2D eigenvalue weighted by molar-refractivity contribution is 6.00. The smallest absolute Gasteiger partial charge is 0.416 e. The Morgan fingerprint density at radius 2 is 1.94 bits per heavy atom. The van der Waals surface area contributed by atoms with Crippen LogP contribution >= 0.6 is 0 Å². The second kappa shape index (κ2) is 7.71. The highest BCUT2D eigenvalue weighted by atomic mass is 19.4. The number of ether oxygens (including phenoxy) is 1. The molecule has 2 aromatic carbocycles. The predicted molar refractivity (Wildman–Crippen MR) is 105 cm³/mol. The molecule has 0 aliphatic carbocycles. The Morgan fingerprint density at radius 1 is 1.13 bits per heavy atom. The quantitative estimate of drug-likeness (QED) is 0.419. The summed E-state index contributed by atoms with van der Waals surface area (Å²) in [6, 6.07) is 9.26. The lowest BCUT2D eigenvalue weighted by Crippen LogP contribution is -2.20. The number of hydrogen-bond acceptors (Lipinski definition) is 4. The Morgan fingerprint density at radius 3 is 2.65 bits per heavy atom. The van der Waals surface area contributed by atoms with Crippen LogP contribution in [0.3, 0.4) is 0 Å². The van der Waals surface area contributed by atoms with Crippen molar-refractivity contribution in [3.8, 4) is 11.6 Å². The largest absolute Gasteiger partial charge is 0.436 e. The number of nitrogens with zero attached hydrogens (tertiary/aromatic N) is 3. The van der Waals surface area contributed by atoms with Gasteiger partial charge in [0.05, 0.1) is 11.1 Å². The van der Waals surface area contributed by atoms with Crippen molar-refractivity contribution in [1.29, 1.82) is 0 Å². The van der Waals surface area contributed by atoms with Crippen LogP contribution in [0.2, 0.25) is 0 Å². The lowest BCUT2D eigenvalue weighted by atomic mass is 10.2. The van der Waals surface area contributed by atoms with Crippen LogP contribution in [-0.2, 0) is 6.18 Å². The third-order valence-corrected chi connectivity index (χ3v) is 4.48. The lowest BCUT2D eigenvalue weighted by molar-refractivity contribution is -0.137. The van der Waals surface area contributed by atoms with E-state index in [1.807, 2.05) is 0 Å². The van der Waals surface area contributed by atoms with E-state index in [1.54, 1.807) is 6.92 Å². The fourth-order valence-electron chi connectivity index (χ4n) is 3.11. The molecule has 2 heterocycles. The lowest BCUT2D eigenvalue weighted by Gasteiger charge is -2.12. The van der Waals surface area contributed by atoms with Crippen LogP contribution in [0.4, 0.5) is 28.0 Å². The number of halogens is 4. The van der Waals surface area contributed by atoms with Crippen LogP contribution in [0.25, 0.3) is 10.9 Å². The zero-order valence-corrected chi connectivity index (χ0v) is 15.9. The van der Waals surface area contributed by atoms with Gasteiger partial charge in [0.2, 0.25) is 5.88 Å². The van der Waals surface area contributed by atoms with Gasteiger partial charge in [0.25, 0.3) is 0 Å². The monoisotopic (exact) mass is 430 g/mol. The van der Waals surface area contributed by atoms with Crippen molar-refractivity contribution in [3.05, 3.63) is 78.1 Å². The Kier molecular flexibility index (Phi) is 5.05. The number of fused-ring (bicyclic) bond motifs is 1. The van der Waals surface area contributed by atoms with Gasteiger partial charge in [0, 0.05) is 29.0 Å². The molecule has 1 N–H and O–H groups in total. The van der Waals surface area contributed by atoms with Crippen molar-refractivity contribution in [1.82, 2.24) is 14.5 Å². The average molecular weight is 430 g/mol. The van der Waals surface area contributed by atoms with Crippen molar-refractivity contribution < 1.29 is 27.1 Å². The zero-order chi connectivity index (χ0) is 22.2. The van der Waals surface area contributed by atoms with E-state index in [2.05, 4.69) is 15.3 Å². The molecular weight excluding hydrogens is 416 g/mol. The maximum absolute atomic E-state index is 15.0. The molecule has 10 heteroatoms. The molecule has 0 radical (unpaired) electrons. The fourth-order valence-corrected chi connectivity index (χ4v) is 3.11. The summed E-state index contributed by atoms with van der Waals surface area (Å²) in [6.07, 6.45) is -1.85. The van der Waals surface area contributed by atoms with Crippen LogP contribution < -0.4 is 10.1 Å². The third kappa shape index (κ3) is 4.04. The van der Waals surface area contributed by atoms with Crippen molar-refractivity contribution in [2.75, 3.05) is 5.32 Å². The molecule has 1 amide bonds. The first-order chi connectivity index (χ1) is 14.7. The second-order valence-corrected chi connectivity index (χ2v) is 6.59. The van der Waals surface area contributed by atoms with Crippen LogP contribution in [0.1, 0.15) is 11.3 Å². The van der Waals surface area contributed by atoms with Gasteiger partial charge in [-0.1, -0.05) is 6.07 Å². The van der Waals surface area contributed by atoms with E-state index in [0.717, 1.165) is 12.1 Å². The maximum atomic E-state index is 15.0. The first-order valence-electron chi connectivity index (χ1n) is 8.97. The predicted octanol–water partition coefficient (Wildman–Crippen LogP) is 5.77. The fraction of sp³-hybridized carbons (Fsp3) is 0.0952. The summed E-state index contributed by atoms with van der Waals surface area (Å²) in [7, 11) is 0. The molecule has 0 saturated carbocycles. The van der Waals surface area contributed by atoms with E-state index >= 15 is 0 Å². The molecule has 6 nitrogen and oxygen atoms in total. The number of amides is 1. The summed E-state index contributed by atoms with van der Waals surface area (Å²) >= 11 is 0. The van der Waals surface area contributed by atoms with Crippen molar-refractivity contribution in [2.24, 2.45) is 0 Å². The number of aryl methyl sites for hydroxylation is 1. The summed E-state index contributed by atoms with van der Waals surface area (Å²) in [6.45, 7) is 1.58. The van der Waals surface area contributed by atoms with Gasteiger partial charge >= 0.3 is 12.2 Å². The van der Waals surface area contributed by atoms with Gasteiger partial charge in [-0.05, 0) is 43.3 Å². The first kappa shape index (κ1) is 20.3. The van der Waals surface area contributed by atoms with Crippen LogP contribution in [-0.4, -0.2) is 20.6 Å². The van der Waals surface area contributed by atoms with Crippen molar-refractivity contribution in [2.45, 2.75) is 13.1 Å². The summed E-state index contributed by atoms with van der Waals surface area (Å²) in [4.78, 5) is 20.4. The van der Waals surface area contributed by atoms with Gasteiger partial charge in [0.1, 0.15) is 6.33 Å². The van der Waals surface area contributed by atoms with Gasteiger partial charge in [-0.25, -0.2) is 19.2 Å². The number of alkyl halides is 3. The number of rotatable bonds is 3. The molecule has 0 aliphatic heterocycles. The van der Waals surface area contributed by atoms with Crippen molar-refractivity contribution >= 4 is 22.6 Å². The highest BCUT2D eigenvalue weighted by Gasteiger charge is 2.30. The maximum Gasteiger partial charge on any atom is 0.416 e. The Labute approximate surface area is 173 Å². The van der Waals surface area contributed by atoms with E-state index in [9.17, 15) is 22.4 Å². The molecule has 0 atom stereocenters. The first-order valence-corrected chi connectivity index (χ1v) is 8.97. The molecular formula is C21H14F4N4O2. The number of carbonyl (C=O) groups excluding carboxylic acids is 1. The molecule has 0 bridgehead atoms. The van der Waals surface area contributed by atoms with Gasteiger partial charge in [0.15, 0.2) is 11.6 Å². The normalized spacial score (nSPS) is 11.5. The van der Waals surface area contributed by atoms with Gasteiger partial charge < -0.3 is 10.1 Å². The molecule has 4 rings (SSSR count). The van der Waals surface area contributed by atoms with Crippen molar-refractivity contribution in [3.63, 3.8) is 0 Å². The number of nitrogens with one attached hydrogen (secondary N) is 1. The molecule has 0 spiro atoms. The number of benzene rings is 2. The van der Waals surface area contributed by atoms with Gasteiger partial charge in [-0.15, -0.1) is 0 Å². The Balaban J connectivity index is 1.66. The number of aromatic nitrogens is 3. The van der Waals surface area contributed by atoms with E-state index in [0.29, 0.717) is 5.69 Å². The second-order valence-electron chi connectivity index (χ2n) is 6.59. The van der Waals surface area contributed by atoms with Crippen LogP contribution in [0, 0.1) is 12.7 Å². The summed E-state index contributed by atoms with van der Waals surface area (Å²) in [5, 5.41) is 2.53. The Bertz CT molecular complexity index is 1270. The molecule has 4 aromatic rings. The average Bonchev–Trinajstić information content (AvgIpc) is 3.07. The van der Waals surface area contributed by atoms with E-state index in [4.69, 9.17) is 4.74 Å². The topological polar surface area (TPSA) is 69.0 Å². The van der Waals surface area contributed by atoms with Gasteiger partial charge in [-0.2, -0.15) is 13.2 Å².